The summed E-state index contributed by atoms with van der Waals surface area (Å²) in [5, 5.41) is 11.4. The number of aromatic nitrogens is 4. The Balaban J connectivity index is 1.15. The lowest BCUT2D eigenvalue weighted by atomic mass is 9.89. The first-order valence-corrected chi connectivity index (χ1v) is 17.9. The second-order valence-electron chi connectivity index (χ2n) is 13.5. The third kappa shape index (κ3) is 4.70. The van der Waals surface area contributed by atoms with Crippen LogP contribution in [0.2, 0.25) is 0 Å². The van der Waals surface area contributed by atoms with Crippen molar-refractivity contribution < 1.29 is 23.1 Å². The van der Waals surface area contributed by atoms with Crippen LogP contribution >= 0.6 is 11.3 Å². The molecule has 4 aliphatic rings. The van der Waals surface area contributed by atoms with Crippen LogP contribution in [0.25, 0.3) is 32.0 Å². The monoisotopic (exact) mass is 702 g/mol. The number of thiophene rings is 1. The van der Waals surface area contributed by atoms with Crippen LogP contribution in [0.15, 0.2) is 63.9 Å². The van der Waals surface area contributed by atoms with Crippen LogP contribution in [-0.4, -0.2) is 51.2 Å². The van der Waals surface area contributed by atoms with E-state index in [0.717, 1.165) is 63.5 Å². The van der Waals surface area contributed by atoms with Crippen LogP contribution in [-0.2, 0) is 12.8 Å². The molecule has 11 nitrogen and oxygen atoms in total. The smallest absolute Gasteiger partial charge is 0.434 e. The molecule has 10 rings (SSSR count). The Kier molecular flexibility index (Phi) is 6.82. The lowest BCUT2D eigenvalue weighted by molar-refractivity contribution is 0.0776. The zero-order valence-electron chi connectivity index (χ0n) is 27.5. The lowest BCUT2D eigenvalue weighted by Crippen LogP contribution is -2.22. The molecule has 0 saturated carbocycles. The molecule has 0 bridgehead atoms. The number of nitrogens with zero attached hydrogens (tertiary/aromatic N) is 4. The normalized spacial score (nSPS) is 20.0. The van der Waals surface area contributed by atoms with Gasteiger partial charge in [-0.2, -0.15) is 0 Å². The summed E-state index contributed by atoms with van der Waals surface area (Å²) in [6, 6.07) is 14.7. The second-order valence-corrected chi connectivity index (χ2v) is 14.5. The highest BCUT2D eigenvalue weighted by Crippen LogP contribution is 2.51. The molecule has 3 aliphatic heterocycles. The van der Waals surface area contributed by atoms with E-state index in [-0.39, 0.29) is 35.6 Å². The van der Waals surface area contributed by atoms with E-state index in [1.54, 1.807) is 19.4 Å². The summed E-state index contributed by atoms with van der Waals surface area (Å²) in [5.74, 6) is 0.909. The molecule has 3 atom stereocenters. The van der Waals surface area contributed by atoms with Crippen molar-refractivity contribution in [1.82, 2.24) is 25.1 Å². The molecule has 2 N–H and O–H groups in total. The van der Waals surface area contributed by atoms with Gasteiger partial charge in [-0.3, -0.25) is 9.78 Å². The molecule has 13 heteroatoms. The molecule has 1 amide bonds. The number of benzene rings is 2. The third-order valence-electron chi connectivity index (χ3n) is 10.7. The zero-order chi connectivity index (χ0) is 34.4. The number of nitrogens with one attached hydrogen (secondary N) is 2. The molecule has 51 heavy (non-hydrogen) atoms. The number of hydrogen-bond donors (Lipinski definition) is 2. The molecule has 4 aromatic heterocycles. The van der Waals surface area contributed by atoms with Gasteiger partial charge in [0.15, 0.2) is 0 Å². The average Bonchev–Trinajstić information content (AvgIpc) is 3.99. The Labute approximate surface area is 294 Å². The van der Waals surface area contributed by atoms with Crippen LogP contribution in [0, 0.1) is 5.82 Å². The molecular formula is C38H31FN6O5S. The van der Waals surface area contributed by atoms with Gasteiger partial charge in [-0.05, 0) is 66.5 Å². The molecule has 0 radical (unpaired) electrons. The van der Waals surface area contributed by atoms with Crippen LogP contribution < -0.4 is 20.5 Å². The van der Waals surface area contributed by atoms with Crippen LogP contribution in [0.4, 0.5) is 10.2 Å². The maximum absolute atomic E-state index is 14.3. The molecule has 2 aromatic carbocycles. The largest absolute Gasteiger partial charge is 0.496 e. The quantitative estimate of drug-likeness (QED) is 0.181. The van der Waals surface area contributed by atoms with Gasteiger partial charge in [0.1, 0.15) is 23.1 Å². The minimum atomic E-state index is -0.708. The van der Waals surface area contributed by atoms with Crippen molar-refractivity contribution in [2.75, 3.05) is 25.6 Å². The summed E-state index contributed by atoms with van der Waals surface area (Å²) in [7, 11) is 1.70. The summed E-state index contributed by atoms with van der Waals surface area (Å²) in [5.41, 5.74) is 6.30. The number of carbonyl (C=O) groups excluding carboxylic acids is 1. The van der Waals surface area contributed by atoms with Gasteiger partial charge in [-0.25, -0.2) is 19.3 Å². The molecule has 1 aliphatic carbocycles. The summed E-state index contributed by atoms with van der Waals surface area (Å²) in [4.78, 5) is 39.4. The fraction of sp³-hybridized carbons (Fsp3) is 0.289. The zero-order valence-corrected chi connectivity index (χ0v) is 28.3. The summed E-state index contributed by atoms with van der Waals surface area (Å²) in [6.45, 7) is 0.986. The molecule has 0 spiro atoms. The first-order chi connectivity index (χ1) is 24.9. The molecule has 256 valence electrons. The minimum Gasteiger partial charge on any atom is -0.496 e. The number of aromatic amines is 1. The predicted molar refractivity (Wildman–Crippen MR) is 188 cm³/mol. The van der Waals surface area contributed by atoms with E-state index < -0.39 is 5.76 Å². The second kappa shape index (κ2) is 11.5. The van der Waals surface area contributed by atoms with Gasteiger partial charge in [-0.1, -0.05) is 18.2 Å². The molecule has 1 saturated heterocycles. The number of hydrogen-bond acceptors (Lipinski definition) is 10. The number of fused-ring (bicyclic) bond motifs is 6. The highest BCUT2D eigenvalue weighted by Gasteiger charge is 2.45. The fourth-order valence-electron chi connectivity index (χ4n) is 8.48. The van der Waals surface area contributed by atoms with Crippen molar-refractivity contribution in [3.05, 3.63) is 105 Å². The Morgan fingerprint density at radius 3 is 2.88 bits per heavy atom. The Morgan fingerprint density at radius 1 is 1.10 bits per heavy atom. The first kappa shape index (κ1) is 30.3. The highest BCUT2D eigenvalue weighted by atomic mass is 32.1. The summed E-state index contributed by atoms with van der Waals surface area (Å²) < 4.78 is 32.2. The summed E-state index contributed by atoms with van der Waals surface area (Å²) in [6.07, 6.45) is 5.71. The minimum absolute atomic E-state index is 0.0585. The number of ether oxygens (including phenoxy) is 2. The van der Waals surface area contributed by atoms with Crippen molar-refractivity contribution in [2.24, 2.45) is 0 Å². The van der Waals surface area contributed by atoms with Crippen molar-refractivity contribution in [2.45, 2.75) is 50.1 Å². The van der Waals surface area contributed by atoms with Crippen molar-refractivity contribution in [1.29, 1.82) is 0 Å². The standard InChI is InChI=1S/C38H31FN6O5S/c1-48-27-6-2-4-22-23(27)9-10-24(22)42-35-34-18(11-12-40-35)15-29(51-34)31-30(36-43-44-38(47)50-36)25(14-19-17-49-28-16-20(39)7-8-21(19)28)41-33-26-5-3-13-45(26)37(46)32(31)33/h2,4,6-8,11-12,15-16,19,24,26H,3,5,9-10,13-14,17H2,1H3,(H,40,42)(H,44,47)/t19-,24-,26-/m1/s1. The van der Waals surface area contributed by atoms with Gasteiger partial charge in [0, 0.05) is 47.2 Å². The predicted octanol–water partition coefficient (Wildman–Crippen LogP) is 6.96. The third-order valence-corrected chi connectivity index (χ3v) is 11.9. The van der Waals surface area contributed by atoms with Gasteiger partial charge in [0.05, 0.1) is 53.0 Å². The van der Waals surface area contributed by atoms with E-state index in [9.17, 15) is 14.0 Å². The van der Waals surface area contributed by atoms with E-state index >= 15 is 0 Å². The number of methoxy groups -OCH3 is 1. The molecule has 6 aromatic rings. The van der Waals surface area contributed by atoms with E-state index in [1.807, 2.05) is 23.1 Å². The van der Waals surface area contributed by atoms with Gasteiger partial charge < -0.3 is 24.1 Å². The van der Waals surface area contributed by atoms with Crippen molar-refractivity contribution >= 4 is 33.1 Å². The molecule has 7 heterocycles. The van der Waals surface area contributed by atoms with E-state index in [4.69, 9.17) is 23.9 Å². The fourth-order valence-corrected chi connectivity index (χ4v) is 9.65. The maximum Gasteiger partial charge on any atom is 0.434 e. The maximum atomic E-state index is 14.3. The number of rotatable bonds is 7. The van der Waals surface area contributed by atoms with Gasteiger partial charge >= 0.3 is 5.76 Å². The molecule has 1 fully saturated rings. The lowest BCUT2D eigenvalue weighted by Gasteiger charge is -2.18. The summed E-state index contributed by atoms with van der Waals surface area (Å²) >= 11 is 1.53. The van der Waals surface area contributed by atoms with Crippen LogP contribution in [0.5, 0.6) is 11.5 Å². The SMILES string of the molecule is COc1cccc2c1CC[C@H]2Nc1nccc2cc(-c3c4c(nc(C[C@@H]5COc6cc(F)ccc65)c3-c3n[nH]c(=O)o3)[C@H]3CCCN3C4=O)sc12. The highest BCUT2D eigenvalue weighted by molar-refractivity contribution is 7.23. The van der Waals surface area contributed by atoms with E-state index in [0.29, 0.717) is 47.7 Å². The number of amides is 1. The Bertz CT molecular complexity index is 2470. The van der Waals surface area contributed by atoms with E-state index in [2.05, 4.69) is 27.6 Å². The van der Waals surface area contributed by atoms with Crippen LogP contribution in [0.3, 0.4) is 0 Å². The van der Waals surface area contributed by atoms with Gasteiger partial charge in [0.25, 0.3) is 11.8 Å². The Hall–Kier alpha value is -5.56. The first-order valence-electron chi connectivity index (χ1n) is 17.1. The number of pyridine rings is 2. The average molecular weight is 703 g/mol. The van der Waals surface area contributed by atoms with Gasteiger partial charge in [0.2, 0.25) is 0 Å². The number of carbonyl (C=O) groups is 1. The van der Waals surface area contributed by atoms with E-state index in [1.165, 1.54) is 34.6 Å². The Morgan fingerprint density at radius 2 is 2.02 bits per heavy atom. The number of anilines is 1. The van der Waals surface area contributed by atoms with Gasteiger partial charge in [-0.15, -0.1) is 16.4 Å². The molecular weight excluding hydrogens is 672 g/mol. The van der Waals surface area contributed by atoms with Crippen molar-refractivity contribution in [3.8, 4) is 33.4 Å². The number of halogens is 1. The molecule has 0 unspecified atom stereocenters. The van der Waals surface area contributed by atoms with Crippen LogP contribution in [0.1, 0.15) is 75.7 Å². The number of H-pyrrole nitrogens is 1. The topological polar surface area (TPSA) is 135 Å². The van der Waals surface area contributed by atoms with Crippen molar-refractivity contribution in [3.63, 3.8) is 0 Å².